The summed E-state index contributed by atoms with van der Waals surface area (Å²) >= 11 is 0. The Hall–Kier alpha value is -2.57. The van der Waals surface area contributed by atoms with E-state index in [0.717, 1.165) is 4.57 Å². The van der Waals surface area contributed by atoms with Crippen molar-refractivity contribution >= 4 is 23.0 Å². The molecule has 1 heterocycles. The molecule has 0 aliphatic carbocycles. The highest BCUT2D eigenvalue weighted by Crippen LogP contribution is 2.33. The molecule has 2 rings (SSSR count). The zero-order valence-corrected chi connectivity index (χ0v) is 10.9. The Kier molecular flexibility index (Phi) is 3.88. The van der Waals surface area contributed by atoms with Crippen LogP contribution in [-0.2, 0) is 9.47 Å². The van der Waals surface area contributed by atoms with E-state index < -0.39 is 18.9 Å². The summed E-state index contributed by atoms with van der Waals surface area (Å²) in [5, 5.41) is 0.410. The van der Waals surface area contributed by atoms with Crippen molar-refractivity contribution in [3.63, 3.8) is 0 Å². The Bertz CT molecular complexity index is 611. The number of halogens is 1. The number of hydrogen-bond acceptors (Lipinski definition) is 5. The van der Waals surface area contributed by atoms with Crippen LogP contribution in [0.5, 0.6) is 5.88 Å². The number of ether oxygens (including phenoxy) is 3. The van der Waals surface area contributed by atoms with Crippen LogP contribution >= 0.6 is 0 Å². The number of alkyl halides is 1. The van der Waals surface area contributed by atoms with Crippen molar-refractivity contribution in [3.05, 3.63) is 29.8 Å². The highest BCUT2D eigenvalue weighted by Gasteiger charge is 2.28. The van der Waals surface area contributed by atoms with Gasteiger partial charge in [-0.15, -0.1) is 0 Å². The van der Waals surface area contributed by atoms with Crippen molar-refractivity contribution in [2.75, 3.05) is 21.1 Å². The lowest BCUT2D eigenvalue weighted by atomic mass is 10.2. The van der Waals surface area contributed by atoms with Gasteiger partial charge < -0.3 is 14.2 Å². The molecule has 0 fully saturated rings. The van der Waals surface area contributed by atoms with E-state index >= 15 is 0 Å². The topological polar surface area (TPSA) is 66.8 Å². The number of rotatable bonds is 3. The fourth-order valence-electron chi connectivity index (χ4n) is 1.98. The van der Waals surface area contributed by atoms with Gasteiger partial charge in [0.25, 0.3) is 0 Å². The first kappa shape index (κ1) is 13.9. The highest BCUT2D eigenvalue weighted by atomic mass is 19.1. The normalized spacial score (nSPS) is 10.3. The quantitative estimate of drug-likeness (QED) is 0.808. The molecule has 106 valence electrons. The van der Waals surface area contributed by atoms with E-state index in [4.69, 9.17) is 4.74 Å². The minimum absolute atomic E-state index is 0.0221. The number of fused-ring (bicyclic) bond motifs is 1. The van der Waals surface area contributed by atoms with Crippen LogP contribution in [0.3, 0.4) is 0 Å². The number of para-hydroxylation sites is 1. The summed E-state index contributed by atoms with van der Waals surface area (Å²) in [6.45, 7) is -1.20. The second kappa shape index (κ2) is 5.60. The van der Waals surface area contributed by atoms with E-state index in [1.165, 1.54) is 14.2 Å². The first-order valence-corrected chi connectivity index (χ1v) is 5.64. The van der Waals surface area contributed by atoms with Crippen LogP contribution < -0.4 is 4.74 Å². The summed E-state index contributed by atoms with van der Waals surface area (Å²) in [6.07, 6.45) is -0.792. The van der Waals surface area contributed by atoms with E-state index in [0.29, 0.717) is 10.9 Å². The lowest BCUT2D eigenvalue weighted by Gasteiger charge is -2.08. The Morgan fingerprint density at radius 1 is 1.20 bits per heavy atom. The molecular formula is C13H12FNO5. The van der Waals surface area contributed by atoms with Gasteiger partial charge >= 0.3 is 12.1 Å². The molecule has 0 atom stereocenters. The molecule has 0 bridgehead atoms. The van der Waals surface area contributed by atoms with Gasteiger partial charge in [0.2, 0.25) is 12.7 Å². The molecule has 1 aromatic heterocycles. The van der Waals surface area contributed by atoms with Gasteiger partial charge in [0.15, 0.2) is 0 Å². The van der Waals surface area contributed by atoms with Crippen LogP contribution in [0.1, 0.15) is 10.4 Å². The van der Waals surface area contributed by atoms with Crippen LogP contribution in [-0.4, -0.2) is 37.7 Å². The third kappa shape index (κ3) is 2.07. The SMILES string of the molecule is COC(=O)c1c(OCF)n(C(=O)OC)c2ccccc12. The van der Waals surface area contributed by atoms with E-state index in [2.05, 4.69) is 9.47 Å². The number of carbonyl (C=O) groups excluding carboxylic acids is 2. The zero-order valence-electron chi connectivity index (χ0n) is 10.9. The molecule has 0 N–H and O–H groups in total. The average Bonchev–Trinajstić information content (AvgIpc) is 2.80. The third-order valence-electron chi connectivity index (χ3n) is 2.77. The minimum atomic E-state index is -1.20. The Balaban J connectivity index is 2.84. The predicted molar refractivity (Wildman–Crippen MR) is 67.7 cm³/mol. The zero-order chi connectivity index (χ0) is 14.7. The Morgan fingerprint density at radius 2 is 1.90 bits per heavy atom. The molecule has 0 unspecified atom stereocenters. The fraction of sp³-hybridized carbons (Fsp3) is 0.231. The minimum Gasteiger partial charge on any atom is -0.465 e. The maximum absolute atomic E-state index is 12.6. The molecule has 0 amide bonds. The average molecular weight is 281 g/mol. The van der Waals surface area contributed by atoms with Gasteiger partial charge in [-0.05, 0) is 6.07 Å². The van der Waals surface area contributed by atoms with Gasteiger partial charge in [-0.3, -0.25) is 0 Å². The van der Waals surface area contributed by atoms with E-state index in [9.17, 15) is 14.0 Å². The van der Waals surface area contributed by atoms with Gasteiger partial charge in [0.1, 0.15) is 5.56 Å². The van der Waals surface area contributed by atoms with Crippen LogP contribution in [0.15, 0.2) is 24.3 Å². The van der Waals surface area contributed by atoms with Gasteiger partial charge in [0, 0.05) is 5.39 Å². The van der Waals surface area contributed by atoms with Crippen molar-refractivity contribution in [2.45, 2.75) is 0 Å². The Morgan fingerprint density at radius 3 is 2.50 bits per heavy atom. The van der Waals surface area contributed by atoms with Crippen molar-refractivity contribution in [1.29, 1.82) is 0 Å². The number of methoxy groups -OCH3 is 2. The molecular weight excluding hydrogens is 269 g/mol. The van der Waals surface area contributed by atoms with E-state index in [1.54, 1.807) is 24.3 Å². The van der Waals surface area contributed by atoms with Crippen molar-refractivity contribution in [2.24, 2.45) is 0 Å². The lowest BCUT2D eigenvalue weighted by Crippen LogP contribution is -2.14. The molecule has 7 heteroatoms. The summed E-state index contributed by atoms with van der Waals surface area (Å²) in [4.78, 5) is 23.7. The number of benzene rings is 1. The summed E-state index contributed by atoms with van der Waals surface area (Å²) in [5.74, 6) is -0.972. The van der Waals surface area contributed by atoms with Crippen molar-refractivity contribution in [1.82, 2.24) is 4.57 Å². The molecule has 0 aliphatic rings. The smallest absolute Gasteiger partial charge is 0.421 e. The first-order valence-electron chi connectivity index (χ1n) is 5.64. The molecule has 0 saturated heterocycles. The van der Waals surface area contributed by atoms with Gasteiger partial charge in [-0.1, -0.05) is 18.2 Å². The van der Waals surface area contributed by atoms with Crippen LogP contribution in [0.2, 0.25) is 0 Å². The highest BCUT2D eigenvalue weighted by molar-refractivity contribution is 6.09. The standard InChI is InChI=1S/C13H12FNO5/c1-18-12(16)10-8-5-3-4-6-9(8)15(13(17)19-2)11(10)20-7-14/h3-6H,7H2,1-2H3. The maximum Gasteiger partial charge on any atom is 0.421 e. The van der Waals surface area contributed by atoms with E-state index in [-0.39, 0.29) is 11.4 Å². The third-order valence-corrected chi connectivity index (χ3v) is 2.77. The van der Waals surface area contributed by atoms with Crippen LogP contribution in [0.4, 0.5) is 9.18 Å². The van der Waals surface area contributed by atoms with E-state index in [1.807, 2.05) is 0 Å². The number of hydrogen-bond donors (Lipinski definition) is 0. The number of carbonyl (C=O) groups is 2. The van der Waals surface area contributed by atoms with Crippen LogP contribution in [0.25, 0.3) is 10.9 Å². The molecule has 6 nitrogen and oxygen atoms in total. The molecule has 0 saturated carbocycles. The number of esters is 1. The van der Waals surface area contributed by atoms with Gasteiger partial charge in [0.05, 0.1) is 19.7 Å². The molecule has 2 aromatic rings. The molecule has 0 aliphatic heterocycles. The lowest BCUT2D eigenvalue weighted by molar-refractivity contribution is 0.0594. The van der Waals surface area contributed by atoms with Crippen LogP contribution in [0, 0.1) is 0 Å². The van der Waals surface area contributed by atoms with Crippen molar-refractivity contribution in [3.8, 4) is 5.88 Å². The molecule has 1 aromatic carbocycles. The number of nitrogens with zero attached hydrogens (tertiary/aromatic N) is 1. The molecule has 0 radical (unpaired) electrons. The number of aromatic nitrogens is 1. The second-order valence-electron chi connectivity index (χ2n) is 3.75. The summed E-state index contributed by atoms with van der Waals surface area (Å²) in [7, 11) is 2.36. The van der Waals surface area contributed by atoms with Gasteiger partial charge in [-0.2, -0.15) is 0 Å². The monoisotopic (exact) mass is 281 g/mol. The summed E-state index contributed by atoms with van der Waals surface area (Å²) < 4.78 is 27.6. The predicted octanol–water partition coefficient (Wildman–Crippen LogP) is 2.35. The fourth-order valence-corrected chi connectivity index (χ4v) is 1.98. The molecule has 0 spiro atoms. The Labute approximate surface area is 113 Å². The molecule has 20 heavy (non-hydrogen) atoms. The first-order chi connectivity index (χ1) is 9.65. The van der Waals surface area contributed by atoms with Gasteiger partial charge in [-0.25, -0.2) is 18.5 Å². The maximum atomic E-state index is 12.6. The second-order valence-corrected chi connectivity index (χ2v) is 3.75. The largest absolute Gasteiger partial charge is 0.465 e. The van der Waals surface area contributed by atoms with Crippen molar-refractivity contribution < 1.29 is 28.2 Å². The summed E-state index contributed by atoms with van der Waals surface area (Å²) in [6, 6.07) is 6.54. The summed E-state index contributed by atoms with van der Waals surface area (Å²) in [5.41, 5.74) is 0.342.